The molecule has 0 saturated carbocycles. The summed E-state index contributed by atoms with van der Waals surface area (Å²) in [6.07, 6.45) is 1.57. The zero-order valence-electron chi connectivity index (χ0n) is 10.5. The van der Waals surface area contributed by atoms with E-state index in [1.807, 2.05) is 42.6 Å². The Morgan fingerprint density at radius 3 is 3.00 bits per heavy atom. The monoisotopic (exact) mass is 271 g/mol. The maximum Gasteiger partial charge on any atom is 0.151 e. The first-order valence-electron chi connectivity index (χ1n) is 6.05. The van der Waals surface area contributed by atoms with Crippen molar-refractivity contribution in [2.24, 2.45) is 0 Å². The maximum atomic E-state index is 5.60. The highest BCUT2D eigenvalue weighted by Crippen LogP contribution is 2.31. The minimum atomic E-state index is 0.636. The second kappa shape index (κ2) is 5.24. The van der Waals surface area contributed by atoms with Crippen molar-refractivity contribution < 1.29 is 4.74 Å². The van der Waals surface area contributed by atoms with Crippen LogP contribution in [0.25, 0.3) is 10.2 Å². The van der Waals surface area contributed by atoms with Crippen LogP contribution in [0.4, 0.5) is 11.5 Å². The van der Waals surface area contributed by atoms with Crippen LogP contribution in [0.3, 0.4) is 0 Å². The molecule has 0 amide bonds. The van der Waals surface area contributed by atoms with Crippen molar-refractivity contribution in [3.63, 3.8) is 0 Å². The van der Waals surface area contributed by atoms with Gasteiger partial charge in [-0.3, -0.25) is 0 Å². The lowest BCUT2D eigenvalue weighted by Crippen LogP contribution is -1.99. The summed E-state index contributed by atoms with van der Waals surface area (Å²) < 4.78 is 6.65. The molecule has 3 rings (SSSR count). The molecule has 5 heteroatoms. The molecule has 0 aliphatic carbocycles. The van der Waals surface area contributed by atoms with E-state index in [0.717, 1.165) is 27.5 Å². The number of para-hydroxylation sites is 2. The fourth-order valence-corrected chi connectivity index (χ4v) is 2.65. The van der Waals surface area contributed by atoms with Gasteiger partial charge in [0.2, 0.25) is 0 Å². The largest absolute Gasteiger partial charge is 0.492 e. The first kappa shape index (κ1) is 11.9. The minimum absolute atomic E-state index is 0.636. The van der Waals surface area contributed by atoms with Gasteiger partial charge in [-0.15, -0.1) is 11.3 Å². The number of rotatable bonds is 4. The molecule has 3 aromatic rings. The second-order valence-corrected chi connectivity index (χ2v) is 4.83. The van der Waals surface area contributed by atoms with E-state index < -0.39 is 0 Å². The highest BCUT2D eigenvalue weighted by molar-refractivity contribution is 7.17. The lowest BCUT2D eigenvalue weighted by atomic mass is 10.3. The Balaban J connectivity index is 1.99. The van der Waals surface area contributed by atoms with Gasteiger partial charge in [0.05, 0.1) is 22.5 Å². The van der Waals surface area contributed by atoms with E-state index in [0.29, 0.717) is 6.61 Å². The zero-order chi connectivity index (χ0) is 13.1. The number of ether oxygens (including phenoxy) is 1. The summed E-state index contributed by atoms with van der Waals surface area (Å²) in [6.45, 7) is 2.61. The molecule has 0 aliphatic rings. The number of nitrogens with zero attached hydrogens (tertiary/aromatic N) is 2. The van der Waals surface area contributed by atoms with Gasteiger partial charge in [-0.2, -0.15) is 0 Å². The number of hydrogen-bond acceptors (Lipinski definition) is 5. The number of benzene rings is 1. The normalized spacial score (nSPS) is 10.6. The van der Waals surface area contributed by atoms with Crippen LogP contribution in [0.15, 0.2) is 42.0 Å². The Morgan fingerprint density at radius 1 is 1.21 bits per heavy atom. The van der Waals surface area contributed by atoms with Gasteiger partial charge in [0.1, 0.15) is 12.1 Å². The Bertz CT molecular complexity index is 696. The Morgan fingerprint density at radius 2 is 2.11 bits per heavy atom. The molecule has 96 valence electrons. The van der Waals surface area contributed by atoms with Gasteiger partial charge in [0.25, 0.3) is 0 Å². The van der Waals surface area contributed by atoms with Gasteiger partial charge < -0.3 is 10.1 Å². The van der Waals surface area contributed by atoms with Crippen molar-refractivity contribution in [3.05, 3.63) is 42.0 Å². The lowest BCUT2D eigenvalue weighted by molar-refractivity contribution is 0.342. The molecule has 0 aliphatic heterocycles. The Hall–Kier alpha value is -2.14. The van der Waals surface area contributed by atoms with Crippen molar-refractivity contribution in [2.45, 2.75) is 6.92 Å². The van der Waals surface area contributed by atoms with Crippen LogP contribution in [0.2, 0.25) is 0 Å². The summed E-state index contributed by atoms with van der Waals surface area (Å²) in [5, 5.41) is 5.33. The van der Waals surface area contributed by atoms with Crippen LogP contribution in [0.5, 0.6) is 5.75 Å². The van der Waals surface area contributed by atoms with Crippen LogP contribution in [-0.2, 0) is 0 Å². The van der Waals surface area contributed by atoms with E-state index in [4.69, 9.17) is 4.74 Å². The second-order valence-electron chi connectivity index (χ2n) is 3.91. The van der Waals surface area contributed by atoms with Gasteiger partial charge in [-0.25, -0.2) is 9.97 Å². The third kappa shape index (κ3) is 2.37. The topological polar surface area (TPSA) is 47.0 Å². The number of hydrogen-bond donors (Lipinski definition) is 1. The van der Waals surface area contributed by atoms with Crippen LogP contribution in [-0.4, -0.2) is 16.6 Å². The van der Waals surface area contributed by atoms with E-state index in [1.54, 1.807) is 17.7 Å². The molecule has 0 atom stereocenters. The smallest absolute Gasteiger partial charge is 0.151 e. The van der Waals surface area contributed by atoms with Crippen LogP contribution in [0, 0.1) is 0 Å². The van der Waals surface area contributed by atoms with Crippen LogP contribution in [0.1, 0.15) is 6.92 Å². The van der Waals surface area contributed by atoms with Crippen molar-refractivity contribution in [2.75, 3.05) is 11.9 Å². The number of nitrogens with one attached hydrogen (secondary N) is 1. The first-order valence-corrected chi connectivity index (χ1v) is 6.93. The summed E-state index contributed by atoms with van der Waals surface area (Å²) in [6, 6.07) is 9.83. The fourth-order valence-electron chi connectivity index (χ4n) is 1.86. The van der Waals surface area contributed by atoms with Crippen molar-refractivity contribution in [3.8, 4) is 5.75 Å². The number of fused-ring (bicyclic) bond motifs is 1. The molecule has 0 saturated heterocycles. The van der Waals surface area contributed by atoms with Crippen molar-refractivity contribution in [1.29, 1.82) is 0 Å². The molecule has 1 aromatic carbocycles. The minimum Gasteiger partial charge on any atom is -0.492 e. The first-order chi connectivity index (χ1) is 9.38. The average Bonchev–Trinajstić information content (AvgIpc) is 2.91. The molecule has 0 radical (unpaired) electrons. The third-order valence-corrected chi connectivity index (χ3v) is 3.59. The number of aromatic nitrogens is 2. The highest BCUT2D eigenvalue weighted by Gasteiger charge is 2.08. The molecule has 1 N–H and O–H groups in total. The summed E-state index contributed by atoms with van der Waals surface area (Å²) in [4.78, 5) is 8.54. The van der Waals surface area contributed by atoms with Gasteiger partial charge in [0, 0.05) is 0 Å². The Labute approximate surface area is 115 Å². The molecule has 2 heterocycles. The molecule has 0 unspecified atom stereocenters. The molecule has 0 fully saturated rings. The van der Waals surface area contributed by atoms with Gasteiger partial charge in [-0.1, -0.05) is 12.1 Å². The van der Waals surface area contributed by atoms with Crippen molar-refractivity contribution in [1.82, 2.24) is 9.97 Å². The standard InChI is InChI=1S/C14H13N3OS/c1-2-18-12-6-4-3-5-10(12)17-14-13-11(7-8-19-13)15-9-16-14/h3-9H,2H2,1H3,(H,15,16,17). The van der Waals surface area contributed by atoms with E-state index in [1.165, 1.54) is 0 Å². The lowest BCUT2D eigenvalue weighted by Gasteiger charge is -2.11. The number of thiophene rings is 1. The summed E-state index contributed by atoms with van der Waals surface area (Å²) in [5.74, 6) is 1.64. The van der Waals surface area contributed by atoms with E-state index in [9.17, 15) is 0 Å². The number of anilines is 2. The van der Waals surface area contributed by atoms with Gasteiger partial charge >= 0.3 is 0 Å². The van der Waals surface area contributed by atoms with Gasteiger partial charge in [-0.05, 0) is 30.5 Å². The molecule has 4 nitrogen and oxygen atoms in total. The highest BCUT2D eigenvalue weighted by atomic mass is 32.1. The zero-order valence-corrected chi connectivity index (χ0v) is 11.3. The quantitative estimate of drug-likeness (QED) is 0.783. The molecular weight excluding hydrogens is 258 g/mol. The molecule has 2 aromatic heterocycles. The molecule has 0 spiro atoms. The molecular formula is C14H13N3OS. The maximum absolute atomic E-state index is 5.60. The molecule has 19 heavy (non-hydrogen) atoms. The van der Waals surface area contributed by atoms with Crippen LogP contribution >= 0.6 is 11.3 Å². The third-order valence-electron chi connectivity index (χ3n) is 2.68. The SMILES string of the molecule is CCOc1ccccc1Nc1ncnc2ccsc12. The fraction of sp³-hybridized carbons (Fsp3) is 0.143. The van der Waals surface area contributed by atoms with E-state index >= 15 is 0 Å². The van der Waals surface area contributed by atoms with E-state index in [-0.39, 0.29) is 0 Å². The Kier molecular flexibility index (Phi) is 3.29. The summed E-state index contributed by atoms with van der Waals surface area (Å²) in [7, 11) is 0. The van der Waals surface area contributed by atoms with Crippen LogP contribution < -0.4 is 10.1 Å². The summed E-state index contributed by atoms with van der Waals surface area (Å²) >= 11 is 1.62. The predicted octanol–water partition coefficient (Wildman–Crippen LogP) is 3.83. The van der Waals surface area contributed by atoms with E-state index in [2.05, 4.69) is 15.3 Å². The average molecular weight is 271 g/mol. The molecule has 0 bridgehead atoms. The van der Waals surface area contributed by atoms with Gasteiger partial charge in [0.15, 0.2) is 5.82 Å². The predicted molar refractivity (Wildman–Crippen MR) is 78.3 cm³/mol. The summed E-state index contributed by atoms with van der Waals surface area (Å²) in [5.41, 5.74) is 1.87. The van der Waals surface area contributed by atoms with Crippen molar-refractivity contribution >= 4 is 33.1 Å².